The van der Waals surface area contributed by atoms with Crippen molar-refractivity contribution in [3.8, 4) is 0 Å². The molecule has 0 saturated heterocycles. The maximum atomic E-state index is 2.24. The molecular weight excluding hydrogens is 536 g/mol. The van der Waals surface area contributed by atoms with Crippen LogP contribution in [0.1, 0.15) is 22.3 Å². The summed E-state index contributed by atoms with van der Waals surface area (Å²) in [6.07, 6.45) is 0. The fourth-order valence-corrected chi connectivity index (χ4v) is 5.64. The van der Waals surface area contributed by atoms with Crippen molar-refractivity contribution in [1.29, 1.82) is 0 Å². The minimum atomic E-state index is 1.33. The predicted molar refractivity (Wildman–Crippen MR) is 162 cm³/mol. The van der Waals surface area contributed by atoms with Gasteiger partial charge in [0, 0.05) is 0 Å². The summed E-state index contributed by atoms with van der Waals surface area (Å²) >= 11 is 1.46. The zero-order chi connectivity index (χ0) is 26.3. The second kappa shape index (κ2) is 12.3. The normalized spacial score (nSPS) is 10.5. The maximum Gasteiger partial charge on any atom is -0.0771 e. The molecule has 0 atom stereocenters. The van der Waals surface area contributed by atoms with Gasteiger partial charge in [-0.1, -0.05) is 55.0 Å². The first kappa shape index (κ1) is 26.0. The van der Waals surface area contributed by atoms with E-state index < -0.39 is 0 Å². The number of rotatable bonds is 2. The zero-order valence-electron chi connectivity index (χ0n) is 21.9. The molecule has 1 heteroatoms. The molecule has 0 unspecified atom stereocenters. The van der Waals surface area contributed by atoms with Crippen LogP contribution in [0.5, 0.6) is 0 Å². The van der Waals surface area contributed by atoms with Gasteiger partial charge in [0.15, 0.2) is 0 Å². The van der Waals surface area contributed by atoms with Gasteiger partial charge in [0.1, 0.15) is 0 Å². The summed E-state index contributed by atoms with van der Waals surface area (Å²) in [7, 11) is 0. The van der Waals surface area contributed by atoms with Crippen LogP contribution >= 0.6 is 0 Å². The Morgan fingerprint density at radius 3 is 1.50 bits per heavy atom. The van der Waals surface area contributed by atoms with Crippen LogP contribution in [0.4, 0.5) is 0 Å². The van der Waals surface area contributed by atoms with Crippen molar-refractivity contribution in [3.05, 3.63) is 168 Å². The van der Waals surface area contributed by atoms with E-state index >= 15 is 0 Å². The largest absolute Gasteiger partial charge is 0.126 e. The molecule has 7 aromatic rings. The fraction of sp³-hybridized carbons (Fsp3) is 0.0541. The molecule has 0 fully saturated rings. The summed E-state index contributed by atoms with van der Waals surface area (Å²) < 4.78 is 1.42. The molecule has 0 heterocycles. The van der Waals surface area contributed by atoms with E-state index in [2.05, 4.69) is 159 Å². The van der Waals surface area contributed by atoms with Crippen LogP contribution in [-0.4, -0.2) is 3.21 Å². The molecule has 0 radical (unpaired) electrons. The molecule has 0 aromatic heterocycles. The number of aryl methyl sites for hydroxylation is 2. The van der Waals surface area contributed by atoms with Crippen LogP contribution in [0.3, 0.4) is 0 Å². The van der Waals surface area contributed by atoms with Crippen LogP contribution in [0.15, 0.2) is 146 Å². The quantitative estimate of drug-likeness (QED) is 0.183. The molecule has 0 N–H and O–H groups in total. The Morgan fingerprint density at radius 1 is 0.500 bits per heavy atom. The second-order valence-electron chi connectivity index (χ2n) is 9.48. The van der Waals surface area contributed by atoms with Crippen molar-refractivity contribution in [2.24, 2.45) is 0 Å². The molecule has 0 nitrogen and oxygen atoms in total. The van der Waals surface area contributed by atoms with Gasteiger partial charge >= 0.3 is 99.2 Å². The first-order chi connectivity index (χ1) is 18.6. The van der Waals surface area contributed by atoms with E-state index in [1.54, 1.807) is 0 Å². The Bertz CT molecular complexity index is 1660. The Hall–Kier alpha value is -3.67. The Labute approximate surface area is 240 Å². The first-order valence-corrected chi connectivity index (χ1v) is 14.2. The molecule has 182 valence electrons. The van der Waals surface area contributed by atoms with Gasteiger partial charge in [0.05, 0.1) is 0 Å². The molecule has 0 amide bonds. The molecule has 0 spiro atoms. The number of benzene rings is 5. The van der Waals surface area contributed by atoms with Crippen molar-refractivity contribution >= 4 is 35.5 Å². The topological polar surface area (TPSA) is 0 Å². The third-order valence-electron chi connectivity index (χ3n) is 6.90. The van der Waals surface area contributed by atoms with Crippen molar-refractivity contribution < 1.29 is 24.2 Å². The smallest absolute Gasteiger partial charge is 0.0771 e. The first-order valence-electron chi connectivity index (χ1n) is 13.0. The van der Waals surface area contributed by atoms with Gasteiger partial charge in [-0.3, -0.25) is 0 Å². The summed E-state index contributed by atoms with van der Waals surface area (Å²) in [4.78, 5) is 0. The predicted octanol–water partition coefficient (Wildman–Crippen LogP) is 9.69. The molecule has 0 aliphatic carbocycles. The Morgan fingerprint density at radius 2 is 0.974 bits per heavy atom. The molecule has 7 rings (SSSR count). The Balaban J connectivity index is 0.000000117. The summed E-state index contributed by atoms with van der Waals surface area (Å²) in [5.74, 6) is 0. The van der Waals surface area contributed by atoms with E-state index in [0.717, 1.165) is 0 Å². The van der Waals surface area contributed by atoms with E-state index in [-0.39, 0.29) is 0 Å². The summed E-state index contributed by atoms with van der Waals surface area (Å²) in [6.45, 7) is 4.31. The van der Waals surface area contributed by atoms with Crippen molar-refractivity contribution in [1.82, 2.24) is 0 Å². The van der Waals surface area contributed by atoms with Crippen LogP contribution < -0.4 is 0 Å². The third kappa shape index (κ3) is 5.90. The summed E-state index contributed by atoms with van der Waals surface area (Å²) in [5, 5.41) is 8.18. The van der Waals surface area contributed by atoms with E-state index in [9.17, 15) is 0 Å². The number of hydrogen-bond donors (Lipinski definition) is 0. The molecule has 0 saturated carbocycles. The van der Waals surface area contributed by atoms with E-state index in [0.29, 0.717) is 0 Å². The average Bonchev–Trinajstić information content (AvgIpc) is 3.63. The van der Waals surface area contributed by atoms with Crippen LogP contribution in [-0.2, 0) is 24.2 Å². The second-order valence-corrected chi connectivity index (χ2v) is 10.7. The van der Waals surface area contributed by atoms with Crippen LogP contribution in [0.2, 0.25) is 0 Å². The summed E-state index contributed by atoms with van der Waals surface area (Å²) in [5.41, 5.74) is 5.40. The minimum absolute atomic E-state index is 1.33. The van der Waals surface area contributed by atoms with Crippen LogP contribution in [0, 0.1) is 13.8 Å². The van der Waals surface area contributed by atoms with Gasteiger partial charge in [0.25, 0.3) is 0 Å². The molecule has 0 bridgehead atoms. The van der Waals surface area contributed by atoms with Crippen molar-refractivity contribution in [2.45, 2.75) is 13.8 Å². The molecule has 38 heavy (non-hydrogen) atoms. The Kier molecular flexibility index (Phi) is 8.37. The van der Waals surface area contributed by atoms with Gasteiger partial charge in [0.2, 0.25) is 0 Å². The van der Waals surface area contributed by atoms with E-state index in [1.807, 2.05) is 0 Å². The van der Waals surface area contributed by atoms with Gasteiger partial charge in [-0.15, -0.1) is 68.2 Å². The average molecular weight is 566 g/mol. The molecule has 0 aliphatic rings. The van der Waals surface area contributed by atoms with E-state index in [4.69, 9.17) is 0 Å². The standard InChI is InChI=1S/C13H9.C13H10.C11H11.Zr/c1-3-7-12-10(5-1)9-11-6-2-4-8-13(11)12;1-3-7-12(8-4-1)11-13-9-5-2-6-10-13;1-8-6-7-9(2)11-5-3-4-10(8)11;/h1-9H;1-10H;3-7H,1-2H3;/q-1;;-1;+2. The summed E-state index contributed by atoms with van der Waals surface area (Å²) in [6, 6.07) is 51.2. The number of hydrogen-bond acceptors (Lipinski definition) is 0. The number of fused-ring (bicyclic) bond motifs is 4. The van der Waals surface area contributed by atoms with Gasteiger partial charge < -0.3 is 0 Å². The van der Waals surface area contributed by atoms with Crippen molar-refractivity contribution in [2.75, 3.05) is 0 Å². The van der Waals surface area contributed by atoms with Crippen molar-refractivity contribution in [3.63, 3.8) is 0 Å². The maximum absolute atomic E-state index is 2.24. The minimum Gasteiger partial charge on any atom is -0.126 e. The van der Waals surface area contributed by atoms with Gasteiger partial charge in [-0.05, 0) is 6.92 Å². The zero-order valence-corrected chi connectivity index (χ0v) is 24.3. The molecule has 0 aliphatic heterocycles. The monoisotopic (exact) mass is 564 g/mol. The van der Waals surface area contributed by atoms with Crippen LogP contribution in [0.25, 0.3) is 32.3 Å². The molecule has 7 aromatic carbocycles. The fourth-order valence-electron chi connectivity index (χ4n) is 4.82. The SMILES string of the molecule is Cc1ccc(C)c2[cH-]ccc12.[Zr+2]=[C](c1ccccc1)c1ccccc1.c1ccc2c(c1)[cH-]c1ccccc12. The third-order valence-corrected chi connectivity index (χ3v) is 8.32. The van der Waals surface area contributed by atoms with Gasteiger partial charge in [-0.2, -0.15) is 12.1 Å². The van der Waals surface area contributed by atoms with Gasteiger partial charge in [-0.25, -0.2) is 0 Å². The van der Waals surface area contributed by atoms with E-state index in [1.165, 1.54) is 82.0 Å². The molecular formula is C37H30Zr.